The minimum atomic E-state index is -4.49. The lowest BCUT2D eigenvalue weighted by molar-refractivity contribution is -0.154. The van der Waals surface area contributed by atoms with E-state index in [1.165, 1.54) is 24.3 Å². The number of hydrogen-bond acceptors (Lipinski definition) is 4. The smallest absolute Gasteiger partial charge is 0.422 e. The van der Waals surface area contributed by atoms with Crippen LogP contribution in [0.25, 0.3) is 0 Å². The fraction of sp³-hybridized carbons (Fsp3) is 0.154. The first-order chi connectivity index (χ1) is 11.0. The number of anilines is 1. The highest BCUT2D eigenvalue weighted by atomic mass is 35.5. The lowest BCUT2D eigenvalue weighted by Crippen LogP contribution is -2.19. The van der Waals surface area contributed by atoms with Crippen LogP contribution in [-0.2, 0) is 10.0 Å². The molecule has 24 heavy (non-hydrogen) atoms. The van der Waals surface area contributed by atoms with Crippen LogP contribution < -0.4 is 9.46 Å². The van der Waals surface area contributed by atoms with Crippen molar-refractivity contribution in [1.29, 1.82) is 0 Å². The van der Waals surface area contributed by atoms with E-state index in [-0.39, 0.29) is 26.5 Å². The van der Waals surface area contributed by atoms with Gasteiger partial charge < -0.3 is 4.74 Å². The van der Waals surface area contributed by atoms with Crippen LogP contribution in [0.4, 0.5) is 18.9 Å². The van der Waals surface area contributed by atoms with Crippen molar-refractivity contribution in [3.63, 3.8) is 0 Å². The van der Waals surface area contributed by atoms with Crippen molar-refractivity contribution in [2.75, 3.05) is 11.3 Å². The summed E-state index contributed by atoms with van der Waals surface area (Å²) < 4.78 is 67.1. The number of hydrogen-bond donors (Lipinski definition) is 1. The zero-order valence-corrected chi connectivity index (χ0v) is 14.0. The minimum Gasteiger partial charge on any atom is -0.468 e. The number of nitrogens with one attached hydrogen (secondary N) is 1. The maximum atomic E-state index is 12.2. The van der Waals surface area contributed by atoms with Gasteiger partial charge >= 0.3 is 6.18 Å². The highest BCUT2D eigenvalue weighted by Crippen LogP contribution is 2.24. The van der Waals surface area contributed by atoms with E-state index in [2.05, 4.69) is 14.4 Å². The predicted molar refractivity (Wildman–Crippen MR) is 83.1 cm³/mol. The summed E-state index contributed by atoms with van der Waals surface area (Å²) in [6, 6.07) is 6.08. The molecule has 0 saturated heterocycles. The Labute approximate surface area is 145 Å². The van der Waals surface area contributed by atoms with Crippen molar-refractivity contribution in [2.45, 2.75) is 11.1 Å². The Kier molecular flexibility index (Phi) is 5.46. The molecular formula is C13H9Cl2F3N2O3S. The van der Waals surface area contributed by atoms with Crippen molar-refractivity contribution in [2.24, 2.45) is 0 Å². The molecule has 0 radical (unpaired) electrons. The first-order valence-electron chi connectivity index (χ1n) is 6.20. The summed E-state index contributed by atoms with van der Waals surface area (Å²) in [6.45, 7) is -1.49. The molecule has 1 heterocycles. The highest BCUT2D eigenvalue weighted by molar-refractivity contribution is 7.92. The summed E-state index contributed by atoms with van der Waals surface area (Å²) in [5.41, 5.74) is 0.0328. The fourth-order valence-electron chi connectivity index (χ4n) is 1.58. The van der Waals surface area contributed by atoms with E-state index in [0.29, 0.717) is 0 Å². The van der Waals surface area contributed by atoms with Crippen molar-refractivity contribution in [3.8, 4) is 5.88 Å². The average molecular weight is 401 g/mol. The average Bonchev–Trinajstić information content (AvgIpc) is 2.44. The highest BCUT2D eigenvalue weighted by Gasteiger charge is 2.28. The van der Waals surface area contributed by atoms with Gasteiger partial charge in [-0.3, -0.25) is 4.72 Å². The third kappa shape index (κ3) is 5.43. The Morgan fingerprint density at radius 3 is 2.25 bits per heavy atom. The predicted octanol–water partition coefficient (Wildman–Crippen LogP) is 4.13. The van der Waals surface area contributed by atoms with Crippen LogP contribution in [0.5, 0.6) is 5.88 Å². The molecule has 5 nitrogen and oxygen atoms in total. The van der Waals surface area contributed by atoms with Crippen molar-refractivity contribution in [1.82, 2.24) is 4.98 Å². The lowest BCUT2D eigenvalue weighted by Gasteiger charge is -2.10. The molecule has 0 saturated carbocycles. The molecule has 2 rings (SSSR count). The van der Waals surface area contributed by atoms with Gasteiger partial charge in [0.2, 0.25) is 5.88 Å². The molecule has 0 bridgehead atoms. The van der Waals surface area contributed by atoms with E-state index >= 15 is 0 Å². The van der Waals surface area contributed by atoms with Gasteiger partial charge in [-0.2, -0.15) is 13.2 Å². The lowest BCUT2D eigenvalue weighted by atomic mass is 10.4. The largest absolute Gasteiger partial charge is 0.468 e. The third-order valence-corrected chi connectivity index (χ3v) is 4.32. The molecule has 11 heteroatoms. The number of alkyl halides is 3. The second-order valence-electron chi connectivity index (χ2n) is 4.50. The molecule has 1 aromatic carbocycles. The van der Waals surface area contributed by atoms with Gasteiger partial charge in [0.1, 0.15) is 0 Å². The van der Waals surface area contributed by atoms with Crippen molar-refractivity contribution >= 4 is 38.9 Å². The monoisotopic (exact) mass is 400 g/mol. The standard InChI is InChI=1S/C13H9Cl2F3N2O3S/c14-8-3-9(15)5-11(4-8)24(21,22)20-10-1-2-12(19-6-10)23-7-13(16,17)18/h1-6,20H,7H2. The zero-order valence-electron chi connectivity index (χ0n) is 11.6. The van der Waals surface area contributed by atoms with Crippen LogP contribution in [0.2, 0.25) is 10.0 Å². The number of pyridine rings is 1. The van der Waals surface area contributed by atoms with Gasteiger partial charge in [0.15, 0.2) is 6.61 Å². The van der Waals surface area contributed by atoms with E-state index in [4.69, 9.17) is 23.2 Å². The van der Waals surface area contributed by atoms with Gasteiger partial charge in [-0.1, -0.05) is 23.2 Å². The van der Waals surface area contributed by atoms with Gasteiger partial charge in [-0.05, 0) is 24.3 Å². The van der Waals surface area contributed by atoms with E-state index in [0.717, 1.165) is 12.3 Å². The maximum absolute atomic E-state index is 12.2. The molecule has 0 aliphatic rings. The molecule has 0 unspecified atom stereocenters. The van der Waals surface area contributed by atoms with Gasteiger partial charge in [0, 0.05) is 16.1 Å². The zero-order chi connectivity index (χ0) is 18.0. The topological polar surface area (TPSA) is 68.3 Å². The number of rotatable bonds is 5. The number of nitrogens with zero attached hydrogens (tertiary/aromatic N) is 1. The van der Waals surface area contributed by atoms with Crippen LogP contribution in [-0.4, -0.2) is 26.2 Å². The molecule has 0 atom stereocenters. The van der Waals surface area contributed by atoms with Crippen molar-refractivity contribution in [3.05, 3.63) is 46.6 Å². The van der Waals surface area contributed by atoms with E-state index in [9.17, 15) is 21.6 Å². The van der Waals surface area contributed by atoms with E-state index in [1.54, 1.807) is 0 Å². The molecule has 130 valence electrons. The first kappa shape index (κ1) is 18.6. The second kappa shape index (κ2) is 7.04. The molecule has 0 spiro atoms. The number of halogens is 5. The van der Waals surface area contributed by atoms with Crippen LogP contribution in [0.3, 0.4) is 0 Å². The van der Waals surface area contributed by atoms with Gasteiger partial charge in [-0.15, -0.1) is 0 Å². The Morgan fingerprint density at radius 1 is 1.12 bits per heavy atom. The summed E-state index contributed by atoms with van der Waals surface area (Å²) >= 11 is 11.5. The third-order valence-electron chi connectivity index (χ3n) is 2.52. The number of benzene rings is 1. The Balaban J connectivity index is 2.12. The minimum absolute atomic E-state index is 0.0328. The maximum Gasteiger partial charge on any atom is 0.422 e. The normalized spacial score (nSPS) is 12.0. The number of ether oxygens (including phenoxy) is 1. The summed E-state index contributed by atoms with van der Waals surface area (Å²) in [6.07, 6.45) is -3.47. The second-order valence-corrected chi connectivity index (χ2v) is 7.05. The van der Waals surface area contributed by atoms with E-state index < -0.39 is 22.8 Å². The van der Waals surface area contributed by atoms with Crippen LogP contribution in [0, 0.1) is 0 Å². The van der Waals surface area contributed by atoms with Crippen molar-refractivity contribution < 1.29 is 26.3 Å². The Bertz CT molecular complexity index is 807. The summed E-state index contributed by atoms with van der Waals surface area (Å²) in [5, 5.41) is 0.272. The quantitative estimate of drug-likeness (QED) is 0.818. The van der Waals surface area contributed by atoms with Crippen LogP contribution in [0.15, 0.2) is 41.4 Å². The summed E-state index contributed by atoms with van der Waals surface area (Å²) in [7, 11) is -3.99. The first-order valence-corrected chi connectivity index (χ1v) is 8.44. The fourth-order valence-corrected chi connectivity index (χ4v) is 3.35. The molecule has 1 N–H and O–H groups in total. The molecule has 0 aliphatic heterocycles. The molecule has 2 aromatic rings. The molecule has 0 fully saturated rings. The molecule has 0 amide bonds. The van der Waals surface area contributed by atoms with E-state index in [1.807, 2.05) is 0 Å². The summed E-state index contributed by atoms with van der Waals surface area (Å²) in [5.74, 6) is -0.291. The summed E-state index contributed by atoms with van der Waals surface area (Å²) in [4.78, 5) is 3.42. The number of aromatic nitrogens is 1. The Morgan fingerprint density at radius 2 is 1.75 bits per heavy atom. The number of sulfonamides is 1. The molecule has 1 aromatic heterocycles. The van der Waals surface area contributed by atoms with Gasteiger partial charge in [0.05, 0.1) is 16.8 Å². The van der Waals surface area contributed by atoms with Gasteiger partial charge in [-0.25, -0.2) is 13.4 Å². The molecular weight excluding hydrogens is 392 g/mol. The van der Waals surface area contributed by atoms with Crippen LogP contribution >= 0.6 is 23.2 Å². The Hall–Kier alpha value is -1.71. The SMILES string of the molecule is O=S(=O)(Nc1ccc(OCC(F)(F)F)nc1)c1cc(Cl)cc(Cl)c1. The van der Waals surface area contributed by atoms with Crippen LogP contribution in [0.1, 0.15) is 0 Å². The molecule has 0 aliphatic carbocycles. The van der Waals surface area contributed by atoms with Gasteiger partial charge in [0.25, 0.3) is 10.0 Å².